The molecule has 0 amide bonds. The Morgan fingerprint density at radius 1 is 1.19 bits per heavy atom. The van der Waals surface area contributed by atoms with Gasteiger partial charge in [0.05, 0.1) is 27.4 Å². The summed E-state index contributed by atoms with van der Waals surface area (Å²) in [5, 5.41) is 1.56. The number of aromatic nitrogens is 3. The average molecular weight is 454 g/mol. The summed E-state index contributed by atoms with van der Waals surface area (Å²) in [6, 6.07) is 9.92. The van der Waals surface area contributed by atoms with Crippen LogP contribution in [0.1, 0.15) is 12.1 Å². The third-order valence-corrected chi connectivity index (χ3v) is 5.26. The number of benzene rings is 1. The van der Waals surface area contributed by atoms with Gasteiger partial charge in [0.25, 0.3) is 0 Å². The molecule has 0 unspecified atom stereocenters. The third-order valence-electron chi connectivity index (χ3n) is 3.69. The first-order chi connectivity index (χ1) is 11.7. The molecule has 0 fully saturated rings. The lowest BCUT2D eigenvalue weighted by molar-refractivity contribution is 0.854. The van der Waals surface area contributed by atoms with Gasteiger partial charge in [-0.05, 0) is 24.6 Å². The monoisotopic (exact) mass is 452 g/mol. The average Bonchev–Trinajstić information content (AvgIpc) is 3.01. The molecular formula is C17H20Cl4N4S. The van der Waals surface area contributed by atoms with Crippen molar-refractivity contribution in [2.75, 3.05) is 24.4 Å². The highest BCUT2D eigenvalue weighted by Gasteiger charge is 2.12. The van der Waals surface area contributed by atoms with E-state index < -0.39 is 0 Å². The largest absolute Gasteiger partial charge is 0.373 e. The molecule has 0 spiro atoms. The van der Waals surface area contributed by atoms with Gasteiger partial charge >= 0.3 is 0 Å². The molecular weight excluding hydrogens is 434 g/mol. The van der Waals surface area contributed by atoms with Gasteiger partial charge in [-0.25, -0.2) is 4.98 Å². The number of imidazole rings is 1. The van der Waals surface area contributed by atoms with Gasteiger partial charge in [0.1, 0.15) is 0 Å². The zero-order valence-corrected chi connectivity index (χ0v) is 18.1. The summed E-state index contributed by atoms with van der Waals surface area (Å²) in [5.41, 5.74) is 3.84. The maximum atomic E-state index is 6.55. The molecule has 2 aromatic heterocycles. The van der Waals surface area contributed by atoms with Gasteiger partial charge in [0.15, 0.2) is 5.16 Å². The Hall–Kier alpha value is -0.850. The summed E-state index contributed by atoms with van der Waals surface area (Å²) in [6.07, 6.45) is 2.71. The summed E-state index contributed by atoms with van der Waals surface area (Å²) < 4.78 is 0. The molecule has 26 heavy (non-hydrogen) atoms. The van der Waals surface area contributed by atoms with Crippen molar-refractivity contribution in [1.29, 1.82) is 0 Å². The molecule has 1 aromatic carbocycles. The summed E-state index contributed by atoms with van der Waals surface area (Å²) in [5.74, 6) is 1.30. The Balaban J connectivity index is 0.00000169. The number of pyridine rings is 1. The first-order valence-electron chi connectivity index (χ1n) is 7.67. The summed E-state index contributed by atoms with van der Waals surface area (Å²) in [4.78, 5) is 14.4. The first kappa shape index (κ1) is 23.2. The lowest BCUT2D eigenvalue weighted by atomic mass is 10.3. The number of aromatic amines is 1. The Labute approximate surface area is 179 Å². The second-order valence-electron chi connectivity index (χ2n) is 5.40. The number of fused-ring (bicyclic) bond motifs is 1. The minimum atomic E-state index is 0. The second kappa shape index (κ2) is 11.1. The van der Waals surface area contributed by atoms with Crippen LogP contribution in [0.4, 0.5) is 5.69 Å². The maximum Gasteiger partial charge on any atom is 0.166 e. The number of anilines is 1. The number of halogens is 4. The van der Waals surface area contributed by atoms with Crippen LogP contribution < -0.4 is 4.90 Å². The zero-order valence-electron chi connectivity index (χ0n) is 14.1. The van der Waals surface area contributed by atoms with Gasteiger partial charge in [-0.2, -0.15) is 0 Å². The van der Waals surface area contributed by atoms with Gasteiger partial charge in [-0.1, -0.05) is 35.5 Å². The van der Waals surface area contributed by atoms with Crippen molar-refractivity contribution in [3.63, 3.8) is 0 Å². The van der Waals surface area contributed by atoms with Gasteiger partial charge in [0.2, 0.25) is 0 Å². The number of thioether (sulfide) groups is 1. The van der Waals surface area contributed by atoms with Crippen LogP contribution in [0.5, 0.6) is 0 Å². The highest BCUT2D eigenvalue weighted by Crippen LogP contribution is 2.31. The number of nitrogens with zero attached hydrogens (tertiary/aromatic N) is 3. The number of para-hydroxylation sites is 2. The number of alkyl halides is 1. The van der Waals surface area contributed by atoms with Crippen molar-refractivity contribution in [2.45, 2.75) is 17.3 Å². The summed E-state index contributed by atoms with van der Waals surface area (Å²) in [6.45, 7) is 0.864. The fraction of sp³-hybridized carbons (Fsp3) is 0.294. The molecule has 0 saturated carbocycles. The van der Waals surface area contributed by atoms with Crippen LogP contribution >= 0.6 is 59.8 Å². The van der Waals surface area contributed by atoms with E-state index in [1.165, 1.54) is 0 Å². The number of rotatable bonds is 7. The van der Waals surface area contributed by atoms with Crippen LogP contribution in [0.2, 0.25) is 5.02 Å². The molecule has 0 aliphatic rings. The van der Waals surface area contributed by atoms with Crippen molar-refractivity contribution >= 4 is 76.5 Å². The molecule has 2 heterocycles. The molecule has 142 valence electrons. The van der Waals surface area contributed by atoms with E-state index in [1.807, 2.05) is 37.4 Å². The fourth-order valence-electron chi connectivity index (χ4n) is 2.42. The quantitative estimate of drug-likeness (QED) is 0.362. The molecule has 0 atom stereocenters. The van der Waals surface area contributed by atoms with Gasteiger partial charge in [-0.3, -0.25) is 4.98 Å². The van der Waals surface area contributed by atoms with E-state index in [4.69, 9.17) is 23.2 Å². The predicted molar refractivity (Wildman–Crippen MR) is 118 cm³/mol. The smallest absolute Gasteiger partial charge is 0.166 e. The van der Waals surface area contributed by atoms with E-state index in [9.17, 15) is 0 Å². The van der Waals surface area contributed by atoms with E-state index in [0.717, 1.165) is 40.5 Å². The van der Waals surface area contributed by atoms with E-state index in [1.54, 1.807) is 18.0 Å². The highest BCUT2D eigenvalue weighted by molar-refractivity contribution is 7.98. The van der Waals surface area contributed by atoms with E-state index >= 15 is 0 Å². The first-order valence-corrected chi connectivity index (χ1v) is 9.57. The molecule has 1 N–H and O–H groups in total. The van der Waals surface area contributed by atoms with Crippen LogP contribution in [0.25, 0.3) is 11.0 Å². The molecule has 9 heteroatoms. The third kappa shape index (κ3) is 5.57. The Bertz CT molecular complexity index is 794. The fourth-order valence-corrected chi connectivity index (χ4v) is 3.78. The van der Waals surface area contributed by atoms with Crippen LogP contribution in [0.3, 0.4) is 0 Å². The molecule has 0 aliphatic heterocycles. The predicted octanol–water partition coefficient (Wildman–Crippen LogP) is 5.81. The topological polar surface area (TPSA) is 44.8 Å². The van der Waals surface area contributed by atoms with Crippen molar-refractivity contribution in [1.82, 2.24) is 15.0 Å². The maximum absolute atomic E-state index is 6.55. The van der Waals surface area contributed by atoms with Gasteiger partial charge < -0.3 is 9.88 Å². The van der Waals surface area contributed by atoms with Crippen molar-refractivity contribution in [3.05, 3.63) is 47.2 Å². The highest BCUT2D eigenvalue weighted by atomic mass is 35.5. The summed E-state index contributed by atoms with van der Waals surface area (Å²) in [7, 11) is 2.02. The van der Waals surface area contributed by atoms with Crippen LogP contribution in [-0.2, 0) is 5.75 Å². The standard InChI is InChI=1S/C17H18Cl2N4S.2ClH/c1-23(10-4-8-18)15-7-9-20-14(16(15)19)11-24-17-21-12-5-2-3-6-13(12)22-17;;/h2-3,5-7,9H,4,8,10-11H2,1H3,(H,21,22);2*1H. The number of H-pyrrole nitrogens is 1. The lowest BCUT2D eigenvalue weighted by Crippen LogP contribution is -2.19. The van der Waals surface area contributed by atoms with Crippen molar-refractivity contribution in [2.24, 2.45) is 0 Å². The molecule has 4 nitrogen and oxygen atoms in total. The van der Waals surface area contributed by atoms with Crippen molar-refractivity contribution < 1.29 is 0 Å². The number of hydrogen-bond donors (Lipinski definition) is 1. The van der Waals surface area contributed by atoms with E-state index in [-0.39, 0.29) is 24.8 Å². The SMILES string of the molecule is CN(CCCCl)c1ccnc(CSc2nc3ccccc3[nH]2)c1Cl.Cl.Cl. The molecule has 0 bridgehead atoms. The van der Waals surface area contributed by atoms with Gasteiger partial charge in [-0.15, -0.1) is 36.4 Å². The Morgan fingerprint density at radius 2 is 1.96 bits per heavy atom. The molecule has 0 radical (unpaired) electrons. The van der Waals surface area contributed by atoms with E-state index in [2.05, 4.69) is 19.9 Å². The normalized spacial score (nSPS) is 10.3. The second-order valence-corrected chi connectivity index (χ2v) is 7.12. The van der Waals surface area contributed by atoms with Crippen LogP contribution in [-0.4, -0.2) is 34.4 Å². The Kier molecular flexibility index (Phi) is 9.90. The number of hydrogen-bond acceptors (Lipinski definition) is 4. The molecule has 3 aromatic rings. The zero-order chi connectivity index (χ0) is 16.9. The van der Waals surface area contributed by atoms with Gasteiger partial charge in [0, 0.05) is 31.4 Å². The Morgan fingerprint density at radius 3 is 2.69 bits per heavy atom. The van der Waals surface area contributed by atoms with Crippen LogP contribution in [0, 0.1) is 0 Å². The number of nitrogens with one attached hydrogen (secondary N) is 1. The summed E-state index contributed by atoms with van der Waals surface area (Å²) >= 11 is 13.9. The molecule has 0 saturated heterocycles. The van der Waals surface area contributed by atoms with Crippen LogP contribution in [0.15, 0.2) is 41.7 Å². The van der Waals surface area contributed by atoms with Crippen molar-refractivity contribution in [3.8, 4) is 0 Å². The molecule has 0 aliphatic carbocycles. The minimum Gasteiger partial charge on any atom is -0.373 e. The minimum absolute atomic E-state index is 0. The lowest BCUT2D eigenvalue weighted by Gasteiger charge is -2.20. The molecule has 3 rings (SSSR count). The van der Waals surface area contributed by atoms with E-state index in [0.29, 0.717) is 16.7 Å².